The van der Waals surface area contributed by atoms with Crippen LogP contribution in [0.1, 0.15) is 38.2 Å². The molecule has 1 saturated carbocycles. The van der Waals surface area contributed by atoms with Crippen molar-refractivity contribution < 1.29 is 14.5 Å². The molecule has 2 aliphatic rings. The summed E-state index contributed by atoms with van der Waals surface area (Å²) in [6.07, 6.45) is 0.965. The second-order valence-electron chi connectivity index (χ2n) is 6.68. The zero-order chi connectivity index (χ0) is 15.2. The molecule has 1 heterocycles. The average Bonchev–Trinajstić information content (AvgIpc) is 2.43. The zero-order valence-electron chi connectivity index (χ0n) is 12.2. The lowest BCUT2D eigenvalue weighted by molar-refractivity contribution is -0.485. The summed E-state index contributed by atoms with van der Waals surface area (Å²) in [6, 6.07) is 7.39. The molecule has 3 atom stereocenters. The summed E-state index contributed by atoms with van der Waals surface area (Å²) >= 11 is 0. The first-order chi connectivity index (χ1) is 9.90. The van der Waals surface area contributed by atoms with E-state index in [1.165, 1.54) is 0 Å². The van der Waals surface area contributed by atoms with Crippen LogP contribution in [0.4, 0.5) is 0 Å². The Bertz CT molecular complexity index is 596. The van der Waals surface area contributed by atoms with Gasteiger partial charge in [0.25, 0.3) is 0 Å². The number of benzene rings is 1. The maximum absolute atomic E-state index is 12.4. The van der Waals surface area contributed by atoms with Crippen LogP contribution in [0.2, 0.25) is 0 Å². The molecule has 1 aromatic carbocycles. The van der Waals surface area contributed by atoms with E-state index >= 15 is 0 Å². The minimum absolute atomic E-state index is 0.0979. The molecule has 0 bridgehead atoms. The lowest BCUT2D eigenvalue weighted by atomic mass is 9.63. The number of carbonyl (C=O) groups excluding carboxylic acids is 1. The number of rotatable bonds is 2. The molecule has 0 aromatic heterocycles. The minimum Gasteiger partial charge on any atom is -0.489 e. The van der Waals surface area contributed by atoms with Crippen LogP contribution in [0.15, 0.2) is 24.3 Å². The van der Waals surface area contributed by atoms with Crippen molar-refractivity contribution >= 4 is 5.78 Å². The second-order valence-corrected chi connectivity index (χ2v) is 6.68. The van der Waals surface area contributed by atoms with E-state index in [0.29, 0.717) is 12.2 Å². The fraction of sp³-hybridized carbons (Fsp3) is 0.562. The molecule has 0 saturated heterocycles. The van der Waals surface area contributed by atoms with E-state index in [-0.39, 0.29) is 34.7 Å². The summed E-state index contributed by atoms with van der Waals surface area (Å²) in [4.78, 5) is 23.2. The van der Waals surface area contributed by atoms with Gasteiger partial charge in [-0.15, -0.1) is 0 Å². The van der Waals surface area contributed by atoms with Gasteiger partial charge in [0.2, 0.25) is 6.54 Å². The average molecular weight is 289 g/mol. The molecule has 1 aromatic rings. The van der Waals surface area contributed by atoms with Crippen molar-refractivity contribution in [2.75, 3.05) is 6.54 Å². The minimum atomic E-state index is -0.408. The van der Waals surface area contributed by atoms with Gasteiger partial charge in [0, 0.05) is 22.3 Å². The fourth-order valence-electron chi connectivity index (χ4n) is 3.67. The van der Waals surface area contributed by atoms with Crippen molar-refractivity contribution in [2.45, 2.75) is 38.7 Å². The summed E-state index contributed by atoms with van der Waals surface area (Å²) in [5.41, 5.74) is 0.641. The smallest absolute Gasteiger partial charge is 0.211 e. The van der Waals surface area contributed by atoms with Crippen LogP contribution in [0, 0.1) is 21.4 Å². The number of hydrogen-bond acceptors (Lipinski definition) is 4. The Balaban J connectivity index is 2.10. The highest BCUT2D eigenvalue weighted by Gasteiger charge is 2.53. The largest absolute Gasteiger partial charge is 0.489 e. The third-order valence-electron chi connectivity index (χ3n) is 4.84. The Morgan fingerprint density at radius 1 is 1.38 bits per heavy atom. The first kappa shape index (κ1) is 14.0. The molecule has 5 nitrogen and oxygen atoms in total. The maximum Gasteiger partial charge on any atom is 0.211 e. The van der Waals surface area contributed by atoms with Gasteiger partial charge in [0.05, 0.1) is 11.8 Å². The summed E-state index contributed by atoms with van der Waals surface area (Å²) in [5.74, 6) is -0.00914. The number of nitro groups is 1. The monoisotopic (exact) mass is 289 g/mol. The molecule has 0 unspecified atom stereocenters. The quantitative estimate of drug-likeness (QED) is 0.620. The normalized spacial score (nSPS) is 30.0. The maximum atomic E-state index is 12.4. The number of ketones is 1. The number of carbonyl (C=O) groups is 1. The Labute approximate surface area is 123 Å². The Morgan fingerprint density at radius 3 is 2.81 bits per heavy atom. The molecule has 0 spiro atoms. The van der Waals surface area contributed by atoms with E-state index in [0.717, 1.165) is 12.0 Å². The van der Waals surface area contributed by atoms with E-state index in [4.69, 9.17) is 4.74 Å². The van der Waals surface area contributed by atoms with Crippen LogP contribution in [0.5, 0.6) is 5.75 Å². The molecule has 0 radical (unpaired) electrons. The first-order valence-corrected chi connectivity index (χ1v) is 7.30. The van der Waals surface area contributed by atoms with Crippen LogP contribution in [-0.2, 0) is 4.79 Å². The van der Waals surface area contributed by atoms with Crippen LogP contribution in [0.3, 0.4) is 0 Å². The number of Topliss-reactive ketones (excluding diaryl/α,β-unsaturated/α-hetero) is 1. The van der Waals surface area contributed by atoms with Gasteiger partial charge in [0.15, 0.2) is 0 Å². The van der Waals surface area contributed by atoms with Crippen molar-refractivity contribution in [1.29, 1.82) is 0 Å². The van der Waals surface area contributed by atoms with Crippen LogP contribution < -0.4 is 4.74 Å². The van der Waals surface area contributed by atoms with Crippen molar-refractivity contribution in [2.24, 2.45) is 11.3 Å². The van der Waals surface area contributed by atoms with Crippen molar-refractivity contribution in [3.63, 3.8) is 0 Å². The number of fused-ring (bicyclic) bond motifs is 2. The highest BCUT2D eigenvalue weighted by Crippen LogP contribution is 2.50. The molecule has 5 heteroatoms. The highest BCUT2D eigenvalue weighted by atomic mass is 16.6. The zero-order valence-corrected chi connectivity index (χ0v) is 12.2. The van der Waals surface area contributed by atoms with Gasteiger partial charge in [-0.05, 0) is 12.5 Å². The number of para-hydroxylation sites is 1. The van der Waals surface area contributed by atoms with E-state index < -0.39 is 5.92 Å². The lowest BCUT2D eigenvalue weighted by Crippen LogP contribution is -2.53. The summed E-state index contributed by atoms with van der Waals surface area (Å²) in [6.45, 7) is 3.94. The van der Waals surface area contributed by atoms with Crippen LogP contribution >= 0.6 is 0 Å². The van der Waals surface area contributed by atoms with E-state index in [9.17, 15) is 14.9 Å². The number of nitrogens with zero attached hydrogens (tertiary/aromatic N) is 1. The molecule has 1 fully saturated rings. The SMILES string of the molecule is CC1(C)CCC(=O)[C@@H]2[C@@H](C[N+](=O)[O-])c3ccccc3O[C@@H]21. The summed E-state index contributed by atoms with van der Waals surface area (Å²) in [5, 5.41) is 11.1. The molecule has 21 heavy (non-hydrogen) atoms. The molecule has 1 aliphatic carbocycles. The Morgan fingerprint density at radius 2 is 2.10 bits per heavy atom. The number of hydrogen-bond donors (Lipinski definition) is 0. The summed E-state index contributed by atoms with van der Waals surface area (Å²) in [7, 11) is 0. The molecular formula is C16H19NO4. The van der Waals surface area contributed by atoms with Gasteiger partial charge in [-0.1, -0.05) is 32.0 Å². The third kappa shape index (κ3) is 2.30. The van der Waals surface area contributed by atoms with Crippen molar-refractivity contribution in [3.8, 4) is 5.75 Å². The molecule has 1 aliphatic heterocycles. The van der Waals surface area contributed by atoms with Gasteiger partial charge in [-0.2, -0.15) is 0 Å². The number of ether oxygens (including phenoxy) is 1. The van der Waals surface area contributed by atoms with Gasteiger partial charge in [-0.25, -0.2) is 0 Å². The van der Waals surface area contributed by atoms with Crippen molar-refractivity contribution in [1.82, 2.24) is 0 Å². The molecule has 112 valence electrons. The lowest BCUT2D eigenvalue weighted by Gasteiger charge is -2.48. The predicted molar refractivity (Wildman–Crippen MR) is 77.0 cm³/mol. The Kier molecular flexibility index (Phi) is 3.23. The molecule has 3 rings (SSSR count). The van der Waals surface area contributed by atoms with Crippen LogP contribution in [-0.4, -0.2) is 23.4 Å². The topological polar surface area (TPSA) is 69.4 Å². The molecular weight excluding hydrogens is 270 g/mol. The van der Waals surface area contributed by atoms with E-state index in [1.807, 2.05) is 24.3 Å². The molecule has 0 amide bonds. The first-order valence-electron chi connectivity index (χ1n) is 7.30. The standard InChI is InChI=1S/C16H19NO4/c1-16(2)8-7-12(18)14-11(9-17(19)20)10-5-3-4-6-13(10)21-15(14)16/h3-6,11,14-15H,7-9H2,1-2H3/t11-,14-,15-/m0/s1. The van der Waals surface area contributed by atoms with E-state index in [2.05, 4.69) is 13.8 Å². The van der Waals surface area contributed by atoms with Gasteiger partial charge in [-0.3, -0.25) is 14.9 Å². The Hall–Kier alpha value is -1.91. The summed E-state index contributed by atoms with van der Waals surface area (Å²) < 4.78 is 6.09. The fourth-order valence-corrected chi connectivity index (χ4v) is 3.67. The van der Waals surface area contributed by atoms with Gasteiger partial charge >= 0.3 is 0 Å². The van der Waals surface area contributed by atoms with Gasteiger partial charge < -0.3 is 4.74 Å². The van der Waals surface area contributed by atoms with E-state index in [1.54, 1.807) is 0 Å². The van der Waals surface area contributed by atoms with Crippen LogP contribution in [0.25, 0.3) is 0 Å². The van der Waals surface area contributed by atoms with Crippen molar-refractivity contribution in [3.05, 3.63) is 39.9 Å². The highest BCUT2D eigenvalue weighted by molar-refractivity contribution is 5.84. The van der Waals surface area contributed by atoms with Gasteiger partial charge in [0.1, 0.15) is 17.6 Å². The molecule has 0 N–H and O–H groups in total. The second kappa shape index (κ2) is 4.83. The predicted octanol–water partition coefficient (Wildman–Crippen LogP) is 2.81. The third-order valence-corrected chi connectivity index (χ3v) is 4.84.